The van der Waals surface area contributed by atoms with Gasteiger partial charge in [0.1, 0.15) is 34.3 Å². The van der Waals surface area contributed by atoms with E-state index in [1.807, 2.05) is 13.8 Å². The van der Waals surface area contributed by atoms with Gasteiger partial charge in [0.25, 0.3) is 0 Å². The van der Waals surface area contributed by atoms with Crippen LogP contribution in [0.3, 0.4) is 0 Å². The summed E-state index contributed by atoms with van der Waals surface area (Å²) in [6.07, 6.45) is 0.782. The van der Waals surface area contributed by atoms with Crippen molar-refractivity contribution in [3.63, 3.8) is 0 Å². The first kappa shape index (κ1) is 16.8. The zero-order valence-electron chi connectivity index (χ0n) is 14.5. The van der Waals surface area contributed by atoms with E-state index >= 15 is 0 Å². The van der Waals surface area contributed by atoms with E-state index in [2.05, 4.69) is 0 Å². The van der Waals surface area contributed by atoms with Gasteiger partial charge in [-0.15, -0.1) is 0 Å². The SMILES string of the molecule is CC(C)=CC1Oc2c(ccc(O)c2O)-c2oc3cc(O)cc(O)c3c(=O)c21. The Morgan fingerprint density at radius 3 is 2.52 bits per heavy atom. The molecule has 1 atom stereocenters. The molecule has 0 amide bonds. The average molecular weight is 368 g/mol. The molecule has 4 rings (SSSR count). The fourth-order valence-electron chi connectivity index (χ4n) is 3.22. The summed E-state index contributed by atoms with van der Waals surface area (Å²) in [6.45, 7) is 3.64. The Bertz CT molecular complexity index is 1180. The van der Waals surface area contributed by atoms with Gasteiger partial charge < -0.3 is 29.6 Å². The summed E-state index contributed by atoms with van der Waals surface area (Å²) in [5.41, 5.74) is 0.767. The third-order valence-corrected chi connectivity index (χ3v) is 4.36. The number of fused-ring (bicyclic) bond motifs is 4. The van der Waals surface area contributed by atoms with E-state index in [1.54, 1.807) is 6.08 Å². The molecule has 27 heavy (non-hydrogen) atoms. The number of aromatic hydroxyl groups is 4. The number of phenolic OH excluding ortho intramolecular Hbond substituents is 4. The summed E-state index contributed by atoms with van der Waals surface area (Å²) in [7, 11) is 0. The third kappa shape index (κ3) is 2.47. The number of hydrogen-bond acceptors (Lipinski definition) is 7. The minimum absolute atomic E-state index is 0.00684. The first-order valence-corrected chi connectivity index (χ1v) is 8.17. The smallest absolute Gasteiger partial charge is 0.204 e. The maximum absolute atomic E-state index is 13.1. The fourth-order valence-corrected chi connectivity index (χ4v) is 3.22. The molecule has 138 valence electrons. The van der Waals surface area contributed by atoms with Crippen LogP contribution in [0.1, 0.15) is 25.5 Å². The van der Waals surface area contributed by atoms with Crippen molar-refractivity contribution < 1.29 is 29.6 Å². The molecule has 2 aromatic carbocycles. The molecule has 7 nitrogen and oxygen atoms in total. The molecule has 1 unspecified atom stereocenters. The van der Waals surface area contributed by atoms with Crippen molar-refractivity contribution in [3.05, 3.63) is 51.7 Å². The minimum atomic E-state index is -0.890. The Balaban J connectivity index is 2.16. The molecular formula is C20H16O7. The van der Waals surface area contributed by atoms with Gasteiger partial charge in [-0.1, -0.05) is 5.57 Å². The normalized spacial score (nSPS) is 15.0. The van der Waals surface area contributed by atoms with E-state index < -0.39 is 23.0 Å². The highest BCUT2D eigenvalue weighted by Gasteiger charge is 2.34. The van der Waals surface area contributed by atoms with Crippen molar-refractivity contribution >= 4 is 11.0 Å². The van der Waals surface area contributed by atoms with Gasteiger partial charge in [-0.25, -0.2) is 0 Å². The summed E-state index contributed by atoms with van der Waals surface area (Å²) in [5.74, 6) is -1.38. The Kier molecular flexibility index (Phi) is 3.56. The van der Waals surface area contributed by atoms with Gasteiger partial charge in [-0.2, -0.15) is 0 Å². The molecular weight excluding hydrogens is 352 g/mol. The molecule has 4 N–H and O–H groups in total. The lowest BCUT2D eigenvalue weighted by Gasteiger charge is -2.26. The topological polar surface area (TPSA) is 120 Å². The number of benzene rings is 2. The molecule has 0 saturated carbocycles. The maximum atomic E-state index is 13.1. The first-order chi connectivity index (χ1) is 12.8. The largest absolute Gasteiger partial charge is 0.508 e. The lowest BCUT2D eigenvalue weighted by molar-refractivity contribution is 0.231. The molecule has 1 aliphatic heterocycles. The van der Waals surface area contributed by atoms with Crippen LogP contribution in [0.2, 0.25) is 0 Å². The van der Waals surface area contributed by atoms with Crippen LogP contribution in [0, 0.1) is 0 Å². The predicted molar refractivity (Wildman–Crippen MR) is 97.4 cm³/mol. The van der Waals surface area contributed by atoms with Crippen molar-refractivity contribution in [3.8, 4) is 40.1 Å². The average Bonchev–Trinajstić information content (AvgIpc) is 2.57. The van der Waals surface area contributed by atoms with Crippen molar-refractivity contribution in [2.24, 2.45) is 0 Å². The zero-order chi connectivity index (χ0) is 19.5. The Labute approximate surface area is 153 Å². The first-order valence-electron chi connectivity index (χ1n) is 8.17. The number of hydrogen-bond donors (Lipinski definition) is 4. The van der Waals surface area contributed by atoms with E-state index in [1.165, 1.54) is 18.2 Å². The van der Waals surface area contributed by atoms with Crippen molar-refractivity contribution in [2.75, 3.05) is 0 Å². The minimum Gasteiger partial charge on any atom is -0.508 e. The molecule has 7 heteroatoms. The molecule has 0 bridgehead atoms. The molecule has 0 saturated heterocycles. The lowest BCUT2D eigenvalue weighted by Crippen LogP contribution is -2.22. The standard InChI is InChI=1S/C20H16O7/c1-8(2)5-13-16-18(25)15-12(23)6-9(21)7-14(15)26-19(16)10-3-4-11(22)17(24)20(10)27-13/h3-7,13,21-24H,1-2H3. The number of phenols is 4. The van der Waals surface area contributed by atoms with Crippen molar-refractivity contribution in [1.82, 2.24) is 0 Å². The molecule has 0 radical (unpaired) electrons. The number of ether oxygens (including phenoxy) is 1. The predicted octanol–water partition coefficient (Wildman–Crippen LogP) is 3.68. The van der Waals surface area contributed by atoms with Gasteiger partial charge in [0.2, 0.25) is 11.2 Å². The molecule has 1 aromatic heterocycles. The van der Waals surface area contributed by atoms with Gasteiger partial charge in [0, 0.05) is 12.1 Å². The Morgan fingerprint density at radius 2 is 1.81 bits per heavy atom. The summed E-state index contributed by atoms with van der Waals surface area (Å²) < 4.78 is 11.6. The van der Waals surface area contributed by atoms with Crippen LogP contribution in [0.4, 0.5) is 0 Å². The zero-order valence-corrected chi connectivity index (χ0v) is 14.5. The van der Waals surface area contributed by atoms with Gasteiger partial charge >= 0.3 is 0 Å². The second-order valence-electron chi connectivity index (χ2n) is 6.60. The second-order valence-corrected chi connectivity index (χ2v) is 6.60. The molecule has 0 fully saturated rings. The highest BCUT2D eigenvalue weighted by atomic mass is 16.5. The van der Waals surface area contributed by atoms with E-state index in [9.17, 15) is 25.2 Å². The number of rotatable bonds is 1. The van der Waals surface area contributed by atoms with Crippen LogP contribution < -0.4 is 10.2 Å². The molecule has 3 aromatic rings. The summed E-state index contributed by atoms with van der Waals surface area (Å²) in [6, 6.07) is 5.00. The van der Waals surface area contributed by atoms with Crippen molar-refractivity contribution in [2.45, 2.75) is 20.0 Å². The van der Waals surface area contributed by atoms with E-state index in [0.717, 1.165) is 11.6 Å². The van der Waals surface area contributed by atoms with Gasteiger partial charge in [0.05, 0.1) is 11.1 Å². The molecule has 0 spiro atoms. The lowest BCUT2D eigenvalue weighted by atomic mass is 9.95. The van der Waals surface area contributed by atoms with Crippen LogP contribution in [0.25, 0.3) is 22.3 Å². The third-order valence-electron chi connectivity index (χ3n) is 4.36. The Morgan fingerprint density at radius 1 is 1.07 bits per heavy atom. The highest BCUT2D eigenvalue weighted by Crippen LogP contribution is 2.50. The van der Waals surface area contributed by atoms with E-state index in [4.69, 9.17) is 9.15 Å². The number of allylic oxidation sites excluding steroid dienone is 1. The summed E-state index contributed by atoms with van der Waals surface area (Å²) >= 11 is 0. The van der Waals surface area contributed by atoms with E-state index in [0.29, 0.717) is 0 Å². The quantitative estimate of drug-likeness (QED) is 0.382. The molecule has 2 heterocycles. The molecule has 0 aliphatic carbocycles. The van der Waals surface area contributed by atoms with Crippen LogP contribution in [0.5, 0.6) is 28.7 Å². The highest BCUT2D eigenvalue weighted by molar-refractivity contribution is 5.89. The second kappa shape index (κ2) is 5.70. The van der Waals surface area contributed by atoms with Crippen molar-refractivity contribution in [1.29, 1.82) is 0 Å². The van der Waals surface area contributed by atoms with Crippen LogP contribution in [0.15, 0.2) is 45.1 Å². The monoisotopic (exact) mass is 368 g/mol. The summed E-state index contributed by atoms with van der Waals surface area (Å²) in [5, 5.41) is 39.8. The van der Waals surface area contributed by atoms with E-state index in [-0.39, 0.29) is 45.1 Å². The van der Waals surface area contributed by atoms with Crippen LogP contribution in [-0.4, -0.2) is 20.4 Å². The van der Waals surface area contributed by atoms with Crippen LogP contribution in [-0.2, 0) is 0 Å². The van der Waals surface area contributed by atoms with Gasteiger partial charge in [0.15, 0.2) is 11.5 Å². The summed E-state index contributed by atoms with van der Waals surface area (Å²) in [4.78, 5) is 13.1. The van der Waals surface area contributed by atoms with Gasteiger partial charge in [-0.3, -0.25) is 4.79 Å². The maximum Gasteiger partial charge on any atom is 0.204 e. The van der Waals surface area contributed by atoms with Gasteiger partial charge in [-0.05, 0) is 32.1 Å². The molecule has 1 aliphatic rings. The fraction of sp³-hybridized carbons (Fsp3) is 0.150. The Hall–Kier alpha value is -3.61. The van der Waals surface area contributed by atoms with Crippen LogP contribution >= 0.6 is 0 Å².